The summed E-state index contributed by atoms with van der Waals surface area (Å²) in [6.45, 7) is 0.138. The number of hydrogen-bond acceptors (Lipinski definition) is 5. The molecule has 3 aromatic rings. The molecule has 0 saturated carbocycles. The minimum absolute atomic E-state index is 0.0285. The minimum Gasteiger partial charge on any atom is -0.435 e. The predicted octanol–water partition coefficient (Wildman–Crippen LogP) is 4.07. The van der Waals surface area contributed by atoms with Crippen molar-refractivity contribution in [2.75, 3.05) is 13.2 Å². The van der Waals surface area contributed by atoms with Crippen LogP contribution in [0.15, 0.2) is 42.6 Å². The van der Waals surface area contributed by atoms with E-state index in [1.54, 1.807) is 16.8 Å². The van der Waals surface area contributed by atoms with Crippen LogP contribution in [0.5, 0.6) is 5.75 Å². The zero-order valence-corrected chi connectivity index (χ0v) is 19.1. The SMILES string of the molecule is C[C@]1(NC(=O)[C@@H]2CCc3c(-c4cccc(OC(F)F)c4)nn(-c4ccc(F)cn4)c3C2)CCOC1. The molecule has 0 bridgehead atoms. The Morgan fingerprint density at radius 1 is 1.31 bits per heavy atom. The van der Waals surface area contributed by atoms with Crippen LogP contribution >= 0.6 is 0 Å². The molecule has 35 heavy (non-hydrogen) atoms. The molecule has 10 heteroatoms. The van der Waals surface area contributed by atoms with Crippen LogP contribution in [0.25, 0.3) is 17.1 Å². The number of nitrogens with one attached hydrogen (secondary N) is 1. The van der Waals surface area contributed by atoms with Crippen molar-refractivity contribution in [3.63, 3.8) is 0 Å². The molecule has 0 spiro atoms. The van der Waals surface area contributed by atoms with Crippen LogP contribution in [0.4, 0.5) is 13.2 Å². The summed E-state index contributed by atoms with van der Waals surface area (Å²) in [4.78, 5) is 17.3. The van der Waals surface area contributed by atoms with E-state index in [1.165, 1.54) is 24.3 Å². The lowest BCUT2D eigenvalue weighted by Gasteiger charge is -2.29. The van der Waals surface area contributed by atoms with Crippen molar-refractivity contribution in [3.8, 4) is 22.8 Å². The number of rotatable bonds is 6. The Morgan fingerprint density at radius 2 is 2.17 bits per heavy atom. The monoisotopic (exact) mass is 486 g/mol. The van der Waals surface area contributed by atoms with Crippen molar-refractivity contribution in [1.82, 2.24) is 20.1 Å². The number of fused-ring (bicyclic) bond motifs is 1. The molecule has 184 valence electrons. The molecule has 1 amide bonds. The highest BCUT2D eigenvalue weighted by Gasteiger charge is 2.36. The predicted molar refractivity (Wildman–Crippen MR) is 121 cm³/mol. The number of benzene rings is 1. The van der Waals surface area contributed by atoms with Gasteiger partial charge < -0.3 is 14.8 Å². The first-order chi connectivity index (χ1) is 16.8. The molecule has 7 nitrogen and oxygen atoms in total. The van der Waals surface area contributed by atoms with Crippen molar-refractivity contribution in [1.29, 1.82) is 0 Å². The van der Waals surface area contributed by atoms with Gasteiger partial charge in [-0.1, -0.05) is 12.1 Å². The Bertz CT molecular complexity index is 1220. The van der Waals surface area contributed by atoms with Gasteiger partial charge in [-0.05, 0) is 50.5 Å². The van der Waals surface area contributed by atoms with E-state index in [2.05, 4.69) is 15.0 Å². The van der Waals surface area contributed by atoms with Crippen molar-refractivity contribution in [3.05, 3.63) is 59.7 Å². The summed E-state index contributed by atoms with van der Waals surface area (Å²) in [5, 5.41) is 7.87. The molecule has 2 aromatic heterocycles. The summed E-state index contributed by atoms with van der Waals surface area (Å²) >= 11 is 0. The van der Waals surface area contributed by atoms with Gasteiger partial charge in [-0.2, -0.15) is 13.9 Å². The Kier molecular flexibility index (Phi) is 6.22. The van der Waals surface area contributed by atoms with E-state index in [1.807, 2.05) is 6.92 Å². The zero-order valence-electron chi connectivity index (χ0n) is 19.1. The number of carbonyl (C=O) groups excluding carboxylic acids is 1. The quantitative estimate of drug-likeness (QED) is 0.568. The second kappa shape index (κ2) is 9.33. The summed E-state index contributed by atoms with van der Waals surface area (Å²) in [5.41, 5.74) is 2.52. The van der Waals surface area contributed by atoms with Crippen molar-refractivity contribution >= 4 is 5.91 Å². The number of hydrogen-bond donors (Lipinski definition) is 1. The summed E-state index contributed by atoms with van der Waals surface area (Å²) in [6.07, 6.45) is 3.45. The summed E-state index contributed by atoms with van der Waals surface area (Å²) in [6, 6.07) is 9.16. The van der Waals surface area contributed by atoms with E-state index in [0.29, 0.717) is 49.6 Å². The second-order valence-electron chi connectivity index (χ2n) is 9.22. The number of ether oxygens (including phenoxy) is 2. The van der Waals surface area contributed by atoms with Crippen molar-refractivity contribution in [2.24, 2.45) is 5.92 Å². The van der Waals surface area contributed by atoms with E-state index >= 15 is 0 Å². The fraction of sp³-hybridized carbons (Fsp3) is 0.400. The maximum absolute atomic E-state index is 13.5. The molecule has 0 unspecified atom stereocenters. The number of carbonyl (C=O) groups is 1. The first kappa shape index (κ1) is 23.3. The largest absolute Gasteiger partial charge is 0.435 e. The van der Waals surface area contributed by atoms with Crippen LogP contribution in [0.2, 0.25) is 0 Å². The zero-order chi connectivity index (χ0) is 24.6. The lowest BCUT2D eigenvalue weighted by molar-refractivity contribution is -0.127. The third-order valence-electron chi connectivity index (χ3n) is 6.55. The molecule has 1 saturated heterocycles. The third kappa shape index (κ3) is 4.88. The maximum Gasteiger partial charge on any atom is 0.387 e. The van der Waals surface area contributed by atoms with Gasteiger partial charge in [-0.25, -0.2) is 14.1 Å². The summed E-state index contributed by atoms with van der Waals surface area (Å²) in [7, 11) is 0. The molecule has 2 atom stereocenters. The topological polar surface area (TPSA) is 78.3 Å². The molecule has 1 N–H and O–H groups in total. The van der Waals surface area contributed by atoms with E-state index in [0.717, 1.165) is 23.9 Å². The molecule has 3 heterocycles. The number of nitrogens with zero attached hydrogens (tertiary/aromatic N) is 3. The highest BCUT2D eigenvalue weighted by atomic mass is 19.3. The van der Waals surface area contributed by atoms with Crippen molar-refractivity contribution < 1.29 is 27.4 Å². The van der Waals surface area contributed by atoms with Gasteiger partial charge in [0.25, 0.3) is 0 Å². The number of pyridine rings is 1. The van der Waals surface area contributed by atoms with E-state index in [9.17, 15) is 18.0 Å². The molecule has 0 radical (unpaired) electrons. The van der Waals surface area contributed by atoms with Gasteiger partial charge in [-0.15, -0.1) is 0 Å². The van der Waals surface area contributed by atoms with Crippen LogP contribution in [0, 0.1) is 11.7 Å². The first-order valence-electron chi connectivity index (χ1n) is 11.5. The lowest BCUT2D eigenvalue weighted by atomic mass is 9.84. The highest BCUT2D eigenvalue weighted by molar-refractivity contribution is 5.80. The fourth-order valence-electron chi connectivity index (χ4n) is 4.73. The van der Waals surface area contributed by atoms with E-state index in [4.69, 9.17) is 9.84 Å². The van der Waals surface area contributed by atoms with Crippen LogP contribution in [0.3, 0.4) is 0 Å². The van der Waals surface area contributed by atoms with Crippen LogP contribution in [-0.2, 0) is 22.4 Å². The number of amides is 1. The standard InChI is InChI=1S/C25H25F3N4O3/c1-25(9-10-34-14-25)30-23(33)16-5-7-19-20(12-16)32(21-8-6-17(26)13-29-21)31-22(19)15-3-2-4-18(11-15)35-24(27)28/h2-4,6,8,11,13,16,24H,5,7,9-10,12,14H2,1H3,(H,30,33)/t16-,25+/m1/s1. The fourth-order valence-corrected chi connectivity index (χ4v) is 4.73. The molecule has 1 aromatic carbocycles. The average Bonchev–Trinajstić information content (AvgIpc) is 3.43. The lowest BCUT2D eigenvalue weighted by Crippen LogP contribution is -2.49. The van der Waals surface area contributed by atoms with Crippen molar-refractivity contribution in [2.45, 2.75) is 44.8 Å². The Hall–Kier alpha value is -3.40. The molecular weight excluding hydrogens is 461 g/mol. The molecule has 1 aliphatic carbocycles. The van der Waals surface area contributed by atoms with Gasteiger partial charge in [0.15, 0.2) is 5.82 Å². The third-order valence-corrected chi connectivity index (χ3v) is 6.55. The molecular formula is C25H25F3N4O3. The second-order valence-corrected chi connectivity index (χ2v) is 9.22. The van der Waals surface area contributed by atoms with E-state index < -0.39 is 12.4 Å². The normalized spacial score (nSPS) is 21.7. The molecule has 2 aliphatic rings. The summed E-state index contributed by atoms with van der Waals surface area (Å²) in [5.74, 6) is -0.363. The van der Waals surface area contributed by atoms with E-state index in [-0.39, 0.29) is 23.1 Å². The van der Waals surface area contributed by atoms with Crippen LogP contribution in [-0.4, -0.2) is 46.0 Å². The van der Waals surface area contributed by atoms with Gasteiger partial charge >= 0.3 is 6.61 Å². The highest BCUT2D eigenvalue weighted by Crippen LogP contribution is 2.36. The van der Waals surface area contributed by atoms with Gasteiger partial charge in [0.1, 0.15) is 11.6 Å². The van der Waals surface area contributed by atoms with Crippen LogP contribution < -0.4 is 10.1 Å². The molecule has 1 aliphatic heterocycles. The Labute approximate surface area is 200 Å². The molecule has 1 fully saturated rings. The Balaban J connectivity index is 1.50. The number of aromatic nitrogens is 3. The first-order valence-corrected chi connectivity index (χ1v) is 11.5. The van der Waals surface area contributed by atoms with Gasteiger partial charge in [0.05, 0.1) is 29.7 Å². The molecule has 5 rings (SSSR count). The number of alkyl halides is 2. The van der Waals surface area contributed by atoms with Gasteiger partial charge in [-0.3, -0.25) is 4.79 Å². The average molecular weight is 486 g/mol. The minimum atomic E-state index is -2.94. The Morgan fingerprint density at radius 3 is 2.89 bits per heavy atom. The van der Waals surface area contributed by atoms with Gasteiger partial charge in [0, 0.05) is 30.1 Å². The van der Waals surface area contributed by atoms with Crippen LogP contribution in [0.1, 0.15) is 31.0 Å². The van der Waals surface area contributed by atoms with Gasteiger partial charge in [0.2, 0.25) is 5.91 Å². The maximum atomic E-state index is 13.5. The number of halogens is 3. The summed E-state index contributed by atoms with van der Waals surface area (Å²) < 4.78 is 50.7. The smallest absolute Gasteiger partial charge is 0.387 e.